The number of hydrogen-bond acceptors (Lipinski definition) is 4. The average molecular weight is 367 g/mol. The molecule has 2 rings (SSSR count). The average Bonchev–Trinajstić information content (AvgIpc) is 2.53. The van der Waals surface area contributed by atoms with Crippen LogP contribution in [-0.2, 0) is 19.1 Å². The molecule has 2 fully saturated rings. The summed E-state index contributed by atoms with van der Waals surface area (Å²) in [4.78, 5) is 27.5. The number of ether oxygens (including phenoxy) is 2. The van der Waals surface area contributed by atoms with E-state index < -0.39 is 5.79 Å². The molecule has 2 aliphatic rings. The summed E-state index contributed by atoms with van der Waals surface area (Å²) in [5, 5.41) is 0. The predicted octanol–water partition coefficient (Wildman–Crippen LogP) is 1.15. The van der Waals surface area contributed by atoms with Crippen LogP contribution in [-0.4, -0.2) is 78.6 Å². The molecule has 2 amide bonds. The van der Waals surface area contributed by atoms with E-state index in [0.29, 0.717) is 39.4 Å². The maximum Gasteiger partial charge on any atom is 0.237 e. The first-order valence-corrected chi connectivity index (χ1v) is 9.04. The van der Waals surface area contributed by atoms with E-state index in [0.717, 1.165) is 0 Å². The fourth-order valence-electron chi connectivity index (χ4n) is 3.71. The van der Waals surface area contributed by atoms with Gasteiger partial charge in [0.2, 0.25) is 11.8 Å². The molecule has 0 unspecified atom stereocenters. The predicted molar refractivity (Wildman–Crippen MR) is 87.6 cm³/mol. The summed E-state index contributed by atoms with van der Waals surface area (Å²) in [5.74, 6) is -1.26. The first-order valence-electron chi connectivity index (χ1n) is 7.97. The van der Waals surface area contributed by atoms with E-state index >= 15 is 0 Å². The van der Waals surface area contributed by atoms with E-state index in [9.17, 15) is 9.59 Å². The monoisotopic (exact) mass is 366 g/mol. The Kier molecular flexibility index (Phi) is 6.54. The molecule has 0 atom stereocenters. The molecule has 0 spiro atoms. The quantitative estimate of drug-likeness (QED) is 0.522. The van der Waals surface area contributed by atoms with Crippen LogP contribution in [0.5, 0.6) is 0 Å². The van der Waals surface area contributed by atoms with Gasteiger partial charge in [-0.15, -0.1) is 23.2 Å². The summed E-state index contributed by atoms with van der Waals surface area (Å²) >= 11 is 11.4. The van der Waals surface area contributed by atoms with Gasteiger partial charge in [-0.2, -0.15) is 0 Å². The van der Waals surface area contributed by atoms with Crippen molar-refractivity contribution in [1.29, 1.82) is 0 Å². The van der Waals surface area contributed by atoms with E-state index in [1.165, 1.54) is 0 Å². The lowest BCUT2D eigenvalue weighted by molar-refractivity contribution is -0.322. The molecule has 2 saturated heterocycles. The number of rotatable bonds is 6. The second-order valence-corrected chi connectivity index (χ2v) is 6.38. The summed E-state index contributed by atoms with van der Waals surface area (Å²) in [6.45, 7) is 6.74. The summed E-state index contributed by atoms with van der Waals surface area (Å²) in [6.07, 6.45) is 0. The van der Waals surface area contributed by atoms with Crippen LogP contribution >= 0.6 is 23.2 Å². The first kappa shape index (κ1) is 18.8. The van der Waals surface area contributed by atoms with Crippen molar-refractivity contribution in [1.82, 2.24) is 9.80 Å². The highest BCUT2D eigenvalue weighted by molar-refractivity contribution is 6.27. The van der Waals surface area contributed by atoms with Crippen molar-refractivity contribution in [3.8, 4) is 0 Å². The number of likely N-dealkylation sites (tertiary alicyclic amines) is 2. The minimum absolute atomic E-state index is 0.0416. The number of hydrogen-bond donors (Lipinski definition) is 0. The molecule has 132 valence electrons. The van der Waals surface area contributed by atoms with Crippen LogP contribution in [0.3, 0.4) is 0 Å². The summed E-state index contributed by atoms with van der Waals surface area (Å²) in [6, 6.07) is 0. The normalized spacial score (nSPS) is 26.3. The minimum Gasteiger partial charge on any atom is -0.349 e. The van der Waals surface area contributed by atoms with E-state index in [-0.39, 0.29) is 35.4 Å². The highest BCUT2D eigenvalue weighted by atomic mass is 35.5. The van der Waals surface area contributed by atoms with Gasteiger partial charge in [0.25, 0.3) is 0 Å². The molecule has 2 aliphatic heterocycles. The summed E-state index contributed by atoms with van der Waals surface area (Å²) < 4.78 is 12.1. The van der Waals surface area contributed by atoms with Gasteiger partial charge in [-0.25, -0.2) is 0 Å². The molecule has 0 aromatic heterocycles. The lowest BCUT2D eigenvalue weighted by atomic mass is 9.77. The van der Waals surface area contributed by atoms with Crippen LogP contribution in [0.15, 0.2) is 0 Å². The molecule has 0 N–H and O–H groups in total. The fourth-order valence-corrected chi connectivity index (χ4v) is 4.05. The Morgan fingerprint density at radius 1 is 0.913 bits per heavy atom. The topological polar surface area (TPSA) is 59.1 Å². The molecular weight excluding hydrogens is 343 g/mol. The van der Waals surface area contributed by atoms with Gasteiger partial charge in [-0.3, -0.25) is 9.59 Å². The van der Waals surface area contributed by atoms with Gasteiger partial charge < -0.3 is 19.3 Å². The first-order chi connectivity index (χ1) is 11.0. The second-order valence-electron chi connectivity index (χ2n) is 5.85. The smallest absolute Gasteiger partial charge is 0.237 e. The third-order valence-electron chi connectivity index (χ3n) is 4.58. The van der Waals surface area contributed by atoms with Crippen LogP contribution in [0.1, 0.15) is 13.8 Å². The standard InChI is InChI=1S/C15H24Cl2N2O4/c1-3-22-15(23-4-2)11-7-18(13(20)5-16)8-12(15)10-19(9-11)14(21)6-17/h11-12H,3-10H2,1-2H3. The van der Waals surface area contributed by atoms with E-state index in [2.05, 4.69) is 0 Å². The Labute approximate surface area is 147 Å². The highest BCUT2D eigenvalue weighted by Gasteiger charge is 2.56. The third kappa shape index (κ3) is 3.60. The zero-order valence-electron chi connectivity index (χ0n) is 13.6. The Hall–Kier alpha value is -0.560. The number of alkyl halides is 2. The molecule has 0 aliphatic carbocycles. The van der Waals surface area contributed by atoms with Crippen molar-refractivity contribution in [2.75, 3.05) is 51.2 Å². The second kappa shape index (κ2) is 8.01. The van der Waals surface area contributed by atoms with Crippen molar-refractivity contribution in [2.24, 2.45) is 11.8 Å². The van der Waals surface area contributed by atoms with E-state index in [1.54, 1.807) is 9.80 Å². The summed E-state index contributed by atoms with van der Waals surface area (Å²) in [5.41, 5.74) is 0. The van der Waals surface area contributed by atoms with Crippen LogP contribution in [0, 0.1) is 11.8 Å². The zero-order chi connectivity index (χ0) is 17.0. The number of carbonyl (C=O) groups excluding carboxylic acids is 2. The maximum absolute atomic E-state index is 12.0. The zero-order valence-corrected chi connectivity index (χ0v) is 15.1. The SMILES string of the molecule is CCOC1(OCC)C2CN(C(=O)CCl)CC1CN(C(=O)CCl)C2. The molecular formula is C15H24Cl2N2O4. The van der Waals surface area contributed by atoms with Gasteiger partial charge in [-0.1, -0.05) is 0 Å². The van der Waals surface area contributed by atoms with Gasteiger partial charge in [0.15, 0.2) is 5.79 Å². The van der Waals surface area contributed by atoms with Crippen molar-refractivity contribution >= 4 is 35.0 Å². The number of nitrogens with zero attached hydrogens (tertiary/aromatic N) is 2. The van der Waals surface area contributed by atoms with Crippen LogP contribution in [0.4, 0.5) is 0 Å². The van der Waals surface area contributed by atoms with Crippen molar-refractivity contribution in [3.63, 3.8) is 0 Å². The Bertz CT molecular complexity index is 397. The lowest BCUT2D eigenvalue weighted by Crippen LogP contribution is -2.70. The molecule has 0 radical (unpaired) electrons. The van der Waals surface area contributed by atoms with Gasteiger partial charge in [0.1, 0.15) is 11.8 Å². The van der Waals surface area contributed by atoms with Crippen molar-refractivity contribution in [2.45, 2.75) is 19.6 Å². The largest absolute Gasteiger partial charge is 0.349 e. The van der Waals surface area contributed by atoms with E-state index in [1.807, 2.05) is 13.8 Å². The minimum atomic E-state index is -0.754. The number of fused-ring (bicyclic) bond motifs is 2. The number of halogens is 2. The van der Waals surface area contributed by atoms with Crippen LogP contribution in [0.25, 0.3) is 0 Å². The van der Waals surface area contributed by atoms with E-state index in [4.69, 9.17) is 32.7 Å². The molecule has 2 bridgehead atoms. The van der Waals surface area contributed by atoms with Crippen molar-refractivity contribution < 1.29 is 19.1 Å². The van der Waals surface area contributed by atoms with Gasteiger partial charge in [0, 0.05) is 51.2 Å². The Morgan fingerprint density at radius 2 is 1.26 bits per heavy atom. The lowest BCUT2D eigenvalue weighted by Gasteiger charge is -2.56. The highest BCUT2D eigenvalue weighted by Crippen LogP contribution is 2.42. The maximum atomic E-state index is 12.0. The molecule has 8 heteroatoms. The van der Waals surface area contributed by atoms with Crippen molar-refractivity contribution in [3.05, 3.63) is 0 Å². The van der Waals surface area contributed by atoms with Gasteiger partial charge in [-0.05, 0) is 13.8 Å². The third-order valence-corrected chi connectivity index (χ3v) is 5.03. The number of piperidine rings is 2. The van der Waals surface area contributed by atoms with Crippen LogP contribution < -0.4 is 0 Å². The fraction of sp³-hybridized carbons (Fsp3) is 0.867. The Morgan fingerprint density at radius 3 is 1.52 bits per heavy atom. The molecule has 0 saturated carbocycles. The van der Waals surface area contributed by atoms with Crippen LogP contribution in [0.2, 0.25) is 0 Å². The van der Waals surface area contributed by atoms with Gasteiger partial charge >= 0.3 is 0 Å². The van der Waals surface area contributed by atoms with Gasteiger partial charge in [0.05, 0.1) is 0 Å². The molecule has 0 aromatic rings. The summed E-state index contributed by atoms with van der Waals surface area (Å²) in [7, 11) is 0. The Balaban J connectivity index is 2.28. The molecule has 23 heavy (non-hydrogen) atoms. The number of amides is 2. The molecule has 6 nitrogen and oxygen atoms in total. The molecule has 2 heterocycles. The number of carbonyl (C=O) groups is 2. The molecule has 0 aromatic carbocycles.